The van der Waals surface area contributed by atoms with Crippen molar-refractivity contribution in [2.45, 2.75) is 52.3 Å². The maximum absolute atomic E-state index is 12.4. The second-order valence-electron chi connectivity index (χ2n) is 6.38. The zero-order valence-corrected chi connectivity index (χ0v) is 13.2. The molecular formula is C14H24N2O5. The predicted octanol–water partition coefficient (Wildman–Crippen LogP) is 0.238. The van der Waals surface area contributed by atoms with Gasteiger partial charge in [-0.05, 0) is 6.92 Å². The highest BCUT2D eigenvalue weighted by Gasteiger charge is 2.41. The van der Waals surface area contributed by atoms with Gasteiger partial charge in [0.1, 0.15) is 12.1 Å². The highest BCUT2D eigenvalue weighted by molar-refractivity contribution is 5.91. The first-order valence-electron chi connectivity index (χ1n) is 6.95. The number of carboxylic acids is 1. The van der Waals surface area contributed by atoms with Gasteiger partial charge in [0.25, 0.3) is 0 Å². The molecule has 1 heterocycles. The van der Waals surface area contributed by atoms with Gasteiger partial charge in [0.05, 0.1) is 6.10 Å². The third-order valence-electron chi connectivity index (χ3n) is 3.56. The number of methoxy groups -OCH3 is 1. The maximum Gasteiger partial charge on any atom is 0.326 e. The number of carbonyl (C=O) groups excluding carboxylic acids is 2. The minimum absolute atomic E-state index is 0.224. The van der Waals surface area contributed by atoms with Crippen LogP contribution in [-0.2, 0) is 19.1 Å². The minimum atomic E-state index is -1.06. The van der Waals surface area contributed by atoms with E-state index in [1.54, 1.807) is 27.7 Å². The van der Waals surface area contributed by atoms with Crippen molar-refractivity contribution < 1.29 is 24.2 Å². The number of carboxylic acid groups (broad SMARTS) is 1. The molecule has 0 aromatic heterocycles. The van der Waals surface area contributed by atoms with Crippen LogP contribution in [0.1, 0.15) is 34.1 Å². The lowest BCUT2D eigenvalue weighted by Gasteiger charge is -2.27. The number of aliphatic carboxylic acids is 1. The molecule has 120 valence electrons. The number of nitrogens with zero attached hydrogens (tertiary/aromatic N) is 1. The largest absolute Gasteiger partial charge is 0.480 e. The number of rotatable bonds is 4. The molecule has 0 saturated carbocycles. The number of carbonyl (C=O) groups is 3. The van der Waals surface area contributed by atoms with Crippen LogP contribution in [0.5, 0.6) is 0 Å². The molecule has 0 radical (unpaired) electrons. The van der Waals surface area contributed by atoms with E-state index in [2.05, 4.69) is 5.32 Å². The minimum Gasteiger partial charge on any atom is -0.480 e. The fourth-order valence-corrected chi connectivity index (χ4v) is 2.17. The third kappa shape index (κ3) is 4.17. The Bertz CT molecular complexity index is 430. The molecule has 0 aliphatic carbocycles. The summed E-state index contributed by atoms with van der Waals surface area (Å²) in [7, 11) is 1.49. The average Bonchev–Trinajstić information content (AvgIpc) is 2.80. The molecule has 1 fully saturated rings. The second kappa shape index (κ2) is 6.43. The second-order valence-corrected chi connectivity index (χ2v) is 6.38. The first-order valence-corrected chi connectivity index (χ1v) is 6.95. The van der Waals surface area contributed by atoms with Crippen LogP contribution < -0.4 is 5.32 Å². The van der Waals surface area contributed by atoms with Crippen LogP contribution in [0.15, 0.2) is 0 Å². The quantitative estimate of drug-likeness (QED) is 0.775. The number of hydrogen-bond donors (Lipinski definition) is 2. The molecule has 1 aliphatic heterocycles. The summed E-state index contributed by atoms with van der Waals surface area (Å²) in [6.07, 6.45) is -0.0297. The van der Waals surface area contributed by atoms with E-state index in [1.807, 2.05) is 0 Å². The first-order chi connectivity index (χ1) is 9.57. The SMILES string of the molecule is COC1CC(C(=O)O)N(C(=O)C(C)NC(=O)C(C)(C)C)C1. The summed E-state index contributed by atoms with van der Waals surface area (Å²) in [5.41, 5.74) is -0.610. The van der Waals surface area contributed by atoms with Crippen molar-refractivity contribution in [2.24, 2.45) is 5.41 Å². The molecule has 2 amide bonds. The molecule has 3 unspecified atom stereocenters. The molecule has 1 aliphatic rings. The Balaban J connectivity index is 2.77. The van der Waals surface area contributed by atoms with Gasteiger partial charge in [-0.15, -0.1) is 0 Å². The van der Waals surface area contributed by atoms with Crippen molar-refractivity contribution in [2.75, 3.05) is 13.7 Å². The number of likely N-dealkylation sites (tertiary alicyclic amines) is 1. The summed E-state index contributed by atoms with van der Waals surface area (Å²) in [6, 6.07) is -1.68. The summed E-state index contributed by atoms with van der Waals surface area (Å²) < 4.78 is 5.14. The first kappa shape index (κ1) is 17.4. The van der Waals surface area contributed by atoms with Crippen LogP contribution in [0, 0.1) is 5.41 Å². The molecule has 0 bridgehead atoms. The fourth-order valence-electron chi connectivity index (χ4n) is 2.17. The van der Waals surface area contributed by atoms with Gasteiger partial charge in [-0.2, -0.15) is 0 Å². The standard InChI is InChI=1S/C14H24N2O5/c1-8(15-13(20)14(2,3)4)11(17)16-7-9(21-5)6-10(16)12(18)19/h8-10H,6-7H2,1-5H3,(H,15,20)(H,18,19). The Morgan fingerprint density at radius 2 is 1.90 bits per heavy atom. The zero-order valence-electron chi connectivity index (χ0n) is 13.2. The van der Waals surface area contributed by atoms with Gasteiger partial charge < -0.3 is 20.1 Å². The summed E-state index contributed by atoms with van der Waals surface area (Å²) in [5, 5.41) is 11.8. The molecule has 1 rings (SSSR count). The Labute approximate surface area is 124 Å². The lowest BCUT2D eigenvalue weighted by atomic mass is 9.95. The molecule has 3 atom stereocenters. The number of hydrogen-bond acceptors (Lipinski definition) is 4. The van der Waals surface area contributed by atoms with Crippen LogP contribution in [0.3, 0.4) is 0 Å². The molecule has 7 nitrogen and oxygen atoms in total. The van der Waals surface area contributed by atoms with E-state index >= 15 is 0 Å². The van der Waals surface area contributed by atoms with Crippen molar-refractivity contribution in [1.82, 2.24) is 10.2 Å². The third-order valence-corrected chi connectivity index (χ3v) is 3.56. The van der Waals surface area contributed by atoms with E-state index in [9.17, 15) is 19.5 Å². The van der Waals surface area contributed by atoms with E-state index in [0.29, 0.717) is 0 Å². The van der Waals surface area contributed by atoms with Gasteiger partial charge in [0.15, 0.2) is 0 Å². The summed E-state index contributed by atoms with van der Waals surface area (Å²) >= 11 is 0. The van der Waals surface area contributed by atoms with E-state index in [1.165, 1.54) is 12.0 Å². The summed E-state index contributed by atoms with van der Waals surface area (Å²) in [4.78, 5) is 36.8. The lowest BCUT2D eigenvalue weighted by Crippen LogP contribution is -2.52. The zero-order chi connectivity index (χ0) is 16.4. The Kier molecular flexibility index (Phi) is 5.33. The van der Waals surface area contributed by atoms with Gasteiger partial charge in [-0.1, -0.05) is 20.8 Å². The van der Waals surface area contributed by atoms with Crippen molar-refractivity contribution in [1.29, 1.82) is 0 Å². The Morgan fingerprint density at radius 1 is 1.33 bits per heavy atom. The molecule has 1 saturated heterocycles. The van der Waals surface area contributed by atoms with E-state index in [4.69, 9.17) is 4.74 Å². The topological polar surface area (TPSA) is 95.9 Å². The van der Waals surface area contributed by atoms with Crippen LogP contribution in [0.4, 0.5) is 0 Å². The van der Waals surface area contributed by atoms with Crippen molar-refractivity contribution in [3.05, 3.63) is 0 Å². The summed E-state index contributed by atoms with van der Waals surface area (Å²) in [6.45, 7) is 7.02. The van der Waals surface area contributed by atoms with Crippen LogP contribution in [0.2, 0.25) is 0 Å². The van der Waals surface area contributed by atoms with Crippen LogP contribution in [-0.4, -0.2) is 59.6 Å². The average molecular weight is 300 g/mol. The highest BCUT2D eigenvalue weighted by atomic mass is 16.5. The Hall–Kier alpha value is -1.63. The van der Waals surface area contributed by atoms with E-state index in [0.717, 1.165) is 0 Å². The number of nitrogens with one attached hydrogen (secondary N) is 1. The molecule has 2 N–H and O–H groups in total. The Morgan fingerprint density at radius 3 is 2.33 bits per heavy atom. The van der Waals surface area contributed by atoms with Crippen LogP contribution >= 0.6 is 0 Å². The van der Waals surface area contributed by atoms with Crippen LogP contribution in [0.25, 0.3) is 0 Å². The van der Waals surface area contributed by atoms with Crippen molar-refractivity contribution in [3.63, 3.8) is 0 Å². The molecule has 7 heteroatoms. The van der Waals surface area contributed by atoms with E-state index in [-0.39, 0.29) is 25.0 Å². The smallest absolute Gasteiger partial charge is 0.326 e. The predicted molar refractivity (Wildman–Crippen MR) is 75.6 cm³/mol. The fraction of sp³-hybridized carbons (Fsp3) is 0.786. The van der Waals surface area contributed by atoms with Crippen molar-refractivity contribution in [3.8, 4) is 0 Å². The molecule has 21 heavy (non-hydrogen) atoms. The maximum atomic E-state index is 12.4. The molecule has 0 aromatic carbocycles. The summed E-state index contributed by atoms with van der Waals surface area (Å²) in [5.74, 6) is -1.71. The molecular weight excluding hydrogens is 276 g/mol. The van der Waals surface area contributed by atoms with Gasteiger partial charge >= 0.3 is 5.97 Å². The van der Waals surface area contributed by atoms with Gasteiger partial charge in [-0.3, -0.25) is 9.59 Å². The normalized spacial score (nSPS) is 23.8. The lowest BCUT2D eigenvalue weighted by molar-refractivity contribution is -0.149. The number of ether oxygens (including phenoxy) is 1. The van der Waals surface area contributed by atoms with E-state index < -0.39 is 29.4 Å². The molecule has 0 spiro atoms. The van der Waals surface area contributed by atoms with Gasteiger partial charge in [-0.25, -0.2) is 4.79 Å². The van der Waals surface area contributed by atoms with Gasteiger partial charge in [0, 0.05) is 25.5 Å². The van der Waals surface area contributed by atoms with Crippen molar-refractivity contribution >= 4 is 17.8 Å². The molecule has 0 aromatic rings. The van der Waals surface area contributed by atoms with Gasteiger partial charge in [0.2, 0.25) is 11.8 Å². The highest BCUT2D eigenvalue weighted by Crippen LogP contribution is 2.21. The monoisotopic (exact) mass is 300 g/mol. The number of amides is 2.